The van der Waals surface area contributed by atoms with Crippen LogP contribution in [0.25, 0.3) is 0 Å². The molecule has 0 radical (unpaired) electrons. The summed E-state index contributed by atoms with van der Waals surface area (Å²) in [7, 11) is 3.46. The first kappa shape index (κ1) is 24.4. The van der Waals surface area contributed by atoms with Crippen molar-refractivity contribution in [2.75, 3.05) is 20.7 Å². The summed E-state index contributed by atoms with van der Waals surface area (Å²) in [6.45, 7) is 6.11. The highest BCUT2D eigenvalue weighted by Crippen LogP contribution is 2.15. The molecule has 0 aliphatic carbocycles. The average Bonchev–Trinajstić information content (AvgIpc) is 3.10. The van der Waals surface area contributed by atoms with Gasteiger partial charge in [0.15, 0.2) is 11.8 Å². The Morgan fingerprint density at radius 2 is 2.07 bits per heavy atom. The summed E-state index contributed by atoms with van der Waals surface area (Å²) in [6.07, 6.45) is 3.01. The van der Waals surface area contributed by atoms with Gasteiger partial charge in [-0.3, -0.25) is 4.99 Å². The number of aromatic nitrogens is 3. The minimum atomic E-state index is 0. The molecule has 0 spiro atoms. The number of aryl methyl sites for hydroxylation is 1. The van der Waals surface area contributed by atoms with E-state index in [-0.39, 0.29) is 36.1 Å². The molecule has 1 aromatic carbocycles. The number of methoxy groups -OCH3 is 1. The zero-order valence-electron chi connectivity index (χ0n) is 18.2. The molecule has 166 valence electrons. The second-order valence-corrected chi connectivity index (χ2v) is 7.50. The number of hydrogen-bond donors (Lipinski definition) is 2. The quantitative estimate of drug-likeness (QED) is 0.311. The molecule has 2 N–H and O–H groups in total. The van der Waals surface area contributed by atoms with Crippen LogP contribution in [0, 0.1) is 0 Å². The Morgan fingerprint density at radius 3 is 2.73 bits per heavy atom. The number of hydrogen-bond acceptors (Lipinski definition) is 5. The predicted octanol–water partition coefficient (Wildman–Crippen LogP) is 2.55. The van der Waals surface area contributed by atoms with Gasteiger partial charge in [0, 0.05) is 33.2 Å². The molecule has 0 amide bonds. The maximum Gasteiger partial charge on any atom is 0.191 e. The Hall–Kier alpha value is -1.88. The molecule has 1 unspecified atom stereocenters. The average molecular weight is 528 g/mol. The van der Waals surface area contributed by atoms with E-state index in [0.717, 1.165) is 55.7 Å². The van der Waals surface area contributed by atoms with Crippen molar-refractivity contribution in [2.45, 2.75) is 58.4 Å². The minimum Gasteiger partial charge on any atom is -0.491 e. The fourth-order valence-electron chi connectivity index (χ4n) is 3.39. The smallest absolute Gasteiger partial charge is 0.191 e. The third-order valence-corrected chi connectivity index (χ3v) is 4.74. The Kier molecular flexibility index (Phi) is 9.83. The lowest BCUT2D eigenvalue weighted by Gasteiger charge is -2.25. The van der Waals surface area contributed by atoms with Gasteiger partial charge in [-0.25, -0.2) is 9.67 Å². The van der Waals surface area contributed by atoms with E-state index in [1.165, 1.54) is 5.56 Å². The number of rotatable bonds is 8. The van der Waals surface area contributed by atoms with Gasteiger partial charge in [0.05, 0.1) is 12.6 Å². The van der Waals surface area contributed by atoms with Gasteiger partial charge in [0.25, 0.3) is 0 Å². The van der Waals surface area contributed by atoms with Gasteiger partial charge < -0.3 is 20.1 Å². The number of nitrogens with one attached hydrogen (secondary N) is 2. The number of halogens is 1. The minimum absolute atomic E-state index is 0. The maximum absolute atomic E-state index is 5.69. The standard InChI is InChI=1S/C21H32N6O2.HI/c1-15(2)29-18-8-5-16(6-9-18)11-12-23-21(22-3)24-17-7-10-20-25-19(14-28-4)26-27(20)13-17;/h5-6,8-9,15,17H,7,10-14H2,1-4H3,(H2,22,23,24);1H. The molecule has 1 aromatic heterocycles. The van der Waals surface area contributed by atoms with Crippen LogP contribution in [0.4, 0.5) is 0 Å². The lowest BCUT2D eigenvalue weighted by molar-refractivity contribution is 0.177. The van der Waals surface area contributed by atoms with Crippen LogP contribution in [-0.2, 0) is 30.7 Å². The summed E-state index contributed by atoms with van der Waals surface area (Å²) in [5.74, 6) is 3.50. The Morgan fingerprint density at radius 1 is 1.30 bits per heavy atom. The van der Waals surface area contributed by atoms with Crippen molar-refractivity contribution in [3.05, 3.63) is 41.5 Å². The first-order valence-electron chi connectivity index (χ1n) is 10.2. The van der Waals surface area contributed by atoms with E-state index < -0.39 is 0 Å². The summed E-state index contributed by atoms with van der Waals surface area (Å²) in [5, 5.41) is 11.4. The monoisotopic (exact) mass is 528 g/mol. The second kappa shape index (κ2) is 12.1. The molecule has 0 saturated heterocycles. The van der Waals surface area contributed by atoms with Crippen molar-refractivity contribution in [3.63, 3.8) is 0 Å². The number of fused-ring (bicyclic) bond motifs is 1. The van der Waals surface area contributed by atoms with Gasteiger partial charge in [-0.15, -0.1) is 24.0 Å². The van der Waals surface area contributed by atoms with Crippen molar-refractivity contribution >= 4 is 29.9 Å². The van der Waals surface area contributed by atoms with Gasteiger partial charge in [0.2, 0.25) is 0 Å². The van der Waals surface area contributed by atoms with Gasteiger partial charge in [-0.05, 0) is 44.4 Å². The topological polar surface area (TPSA) is 85.6 Å². The molecular formula is C21H33IN6O2. The SMILES string of the molecule is CN=C(NCCc1ccc(OC(C)C)cc1)NC1CCc2nc(COC)nn2C1.I. The van der Waals surface area contributed by atoms with Gasteiger partial charge in [-0.1, -0.05) is 12.1 Å². The van der Waals surface area contributed by atoms with Crippen LogP contribution in [0.3, 0.4) is 0 Å². The highest BCUT2D eigenvalue weighted by atomic mass is 127. The molecule has 30 heavy (non-hydrogen) atoms. The molecule has 1 aliphatic heterocycles. The van der Waals surface area contributed by atoms with Crippen LogP contribution in [0.5, 0.6) is 5.75 Å². The second-order valence-electron chi connectivity index (χ2n) is 7.50. The van der Waals surface area contributed by atoms with Crippen LogP contribution in [0.15, 0.2) is 29.3 Å². The number of benzene rings is 1. The number of nitrogens with zero attached hydrogens (tertiary/aromatic N) is 4. The molecule has 2 heterocycles. The van der Waals surface area contributed by atoms with Gasteiger partial charge in [-0.2, -0.15) is 5.10 Å². The molecule has 2 aromatic rings. The van der Waals surface area contributed by atoms with Crippen LogP contribution >= 0.6 is 24.0 Å². The van der Waals surface area contributed by atoms with Gasteiger partial charge >= 0.3 is 0 Å². The zero-order chi connectivity index (χ0) is 20.6. The van der Waals surface area contributed by atoms with Gasteiger partial charge in [0.1, 0.15) is 18.2 Å². The number of aliphatic imine (C=N–C) groups is 1. The fourth-order valence-corrected chi connectivity index (χ4v) is 3.39. The third-order valence-electron chi connectivity index (χ3n) is 4.74. The van der Waals surface area contributed by atoms with E-state index >= 15 is 0 Å². The Balaban J connectivity index is 0.00000320. The van der Waals surface area contributed by atoms with E-state index in [1.807, 2.05) is 30.7 Å². The van der Waals surface area contributed by atoms with E-state index in [0.29, 0.717) is 6.61 Å². The van der Waals surface area contributed by atoms with Crippen LogP contribution in [-0.4, -0.2) is 53.6 Å². The van der Waals surface area contributed by atoms with Crippen LogP contribution in [0.2, 0.25) is 0 Å². The van der Waals surface area contributed by atoms with Crippen molar-refractivity contribution in [2.24, 2.45) is 4.99 Å². The highest BCUT2D eigenvalue weighted by molar-refractivity contribution is 14.0. The zero-order valence-corrected chi connectivity index (χ0v) is 20.6. The first-order valence-corrected chi connectivity index (χ1v) is 10.2. The molecule has 1 atom stereocenters. The normalized spacial score (nSPS) is 16.0. The molecule has 1 aliphatic rings. The molecule has 0 saturated carbocycles. The van der Waals surface area contributed by atoms with Crippen molar-refractivity contribution < 1.29 is 9.47 Å². The Bertz CT molecular complexity index is 806. The van der Waals surface area contributed by atoms with E-state index in [4.69, 9.17) is 9.47 Å². The van der Waals surface area contributed by atoms with Crippen molar-refractivity contribution in [3.8, 4) is 5.75 Å². The first-order chi connectivity index (χ1) is 14.1. The molecule has 8 nitrogen and oxygen atoms in total. The Labute approximate surface area is 195 Å². The lowest BCUT2D eigenvalue weighted by atomic mass is 10.1. The van der Waals surface area contributed by atoms with Crippen LogP contribution < -0.4 is 15.4 Å². The van der Waals surface area contributed by atoms with E-state index in [1.54, 1.807) is 14.2 Å². The summed E-state index contributed by atoms with van der Waals surface area (Å²) >= 11 is 0. The molecule has 9 heteroatoms. The summed E-state index contributed by atoms with van der Waals surface area (Å²) in [5.41, 5.74) is 1.26. The summed E-state index contributed by atoms with van der Waals surface area (Å²) in [4.78, 5) is 8.88. The summed E-state index contributed by atoms with van der Waals surface area (Å²) in [6, 6.07) is 8.55. The molecule has 0 fully saturated rings. The van der Waals surface area contributed by atoms with E-state index in [9.17, 15) is 0 Å². The number of guanidine groups is 1. The highest BCUT2D eigenvalue weighted by Gasteiger charge is 2.22. The molecular weight excluding hydrogens is 495 g/mol. The maximum atomic E-state index is 5.69. The van der Waals surface area contributed by atoms with Crippen molar-refractivity contribution in [1.29, 1.82) is 0 Å². The summed E-state index contributed by atoms with van der Waals surface area (Å²) < 4.78 is 12.8. The number of ether oxygens (including phenoxy) is 2. The molecule has 3 rings (SSSR count). The largest absolute Gasteiger partial charge is 0.491 e. The van der Waals surface area contributed by atoms with E-state index in [2.05, 4.69) is 37.8 Å². The lowest BCUT2D eigenvalue weighted by Crippen LogP contribution is -2.47. The van der Waals surface area contributed by atoms with Crippen molar-refractivity contribution in [1.82, 2.24) is 25.4 Å². The molecule has 0 bridgehead atoms. The van der Waals surface area contributed by atoms with Crippen LogP contribution in [0.1, 0.15) is 37.5 Å². The third kappa shape index (κ3) is 7.12. The predicted molar refractivity (Wildman–Crippen MR) is 129 cm³/mol. The fraction of sp³-hybridized carbons (Fsp3) is 0.571.